The molecule has 0 aliphatic rings. The van der Waals surface area contributed by atoms with Crippen molar-refractivity contribution in [2.24, 2.45) is 0 Å². The predicted octanol–water partition coefficient (Wildman–Crippen LogP) is 0.885. The van der Waals surface area contributed by atoms with E-state index in [2.05, 4.69) is 5.48 Å². The monoisotopic (exact) mass is 224 g/mol. The highest BCUT2D eigenvalue weighted by Crippen LogP contribution is 2.14. The van der Waals surface area contributed by atoms with Gasteiger partial charge in [-0.05, 0) is 24.6 Å². The van der Waals surface area contributed by atoms with Crippen molar-refractivity contribution in [1.29, 1.82) is 0 Å². The molecule has 0 unspecified atom stereocenters. The average Bonchev–Trinajstić information content (AvgIpc) is 2.28. The minimum absolute atomic E-state index is 0.305. The molecule has 0 saturated carbocycles. The highest BCUT2D eigenvalue weighted by molar-refractivity contribution is 5.96. The third-order valence-electron chi connectivity index (χ3n) is 2.17. The molecule has 88 valence electrons. The van der Waals surface area contributed by atoms with Gasteiger partial charge in [-0.15, -0.1) is 0 Å². The maximum Gasteiger partial charge on any atom is 0.275 e. The molecule has 0 aromatic heterocycles. The van der Waals surface area contributed by atoms with E-state index in [1.165, 1.54) is 0 Å². The van der Waals surface area contributed by atoms with Crippen LogP contribution in [0.15, 0.2) is 18.2 Å². The number of nitrogens with two attached hydrogens (primary N) is 1. The topological polar surface area (TPSA) is 73.6 Å². The number of amides is 1. The molecule has 0 atom stereocenters. The molecular weight excluding hydrogens is 208 g/mol. The number of nitrogens with one attached hydrogen (secondary N) is 1. The third-order valence-corrected chi connectivity index (χ3v) is 2.17. The molecule has 0 aliphatic heterocycles. The van der Waals surface area contributed by atoms with Crippen molar-refractivity contribution in [3.05, 3.63) is 29.3 Å². The number of anilines is 1. The van der Waals surface area contributed by atoms with Crippen LogP contribution in [-0.4, -0.2) is 26.2 Å². The highest BCUT2D eigenvalue weighted by atomic mass is 16.7. The Balaban J connectivity index is 2.56. The summed E-state index contributed by atoms with van der Waals surface area (Å²) in [6.45, 7) is 2.53. The fourth-order valence-corrected chi connectivity index (χ4v) is 1.20. The normalized spacial score (nSPS) is 10.1. The van der Waals surface area contributed by atoms with Crippen LogP contribution >= 0.6 is 0 Å². The van der Waals surface area contributed by atoms with Gasteiger partial charge in [0.05, 0.1) is 13.2 Å². The SMILES string of the molecule is COCCONC(=O)c1cccc(N)c1C. The van der Waals surface area contributed by atoms with Crippen LogP contribution in [0.1, 0.15) is 15.9 Å². The van der Waals surface area contributed by atoms with Gasteiger partial charge in [0.2, 0.25) is 0 Å². The van der Waals surface area contributed by atoms with Crippen molar-refractivity contribution in [2.45, 2.75) is 6.92 Å². The van der Waals surface area contributed by atoms with Gasteiger partial charge in [0.1, 0.15) is 0 Å². The molecular formula is C11H16N2O3. The summed E-state index contributed by atoms with van der Waals surface area (Å²) in [6, 6.07) is 5.17. The van der Waals surface area contributed by atoms with Crippen LogP contribution < -0.4 is 11.2 Å². The van der Waals surface area contributed by atoms with Crippen molar-refractivity contribution in [3.63, 3.8) is 0 Å². The lowest BCUT2D eigenvalue weighted by molar-refractivity contribution is 0.00885. The number of ether oxygens (including phenoxy) is 1. The molecule has 0 saturated heterocycles. The van der Waals surface area contributed by atoms with Gasteiger partial charge in [-0.2, -0.15) is 0 Å². The first-order chi connectivity index (χ1) is 7.66. The zero-order chi connectivity index (χ0) is 12.0. The van der Waals surface area contributed by atoms with Crippen LogP contribution in [0.2, 0.25) is 0 Å². The van der Waals surface area contributed by atoms with Gasteiger partial charge in [0.15, 0.2) is 0 Å². The molecule has 1 rings (SSSR count). The molecule has 1 aromatic carbocycles. The lowest BCUT2D eigenvalue weighted by Crippen LogP contribution is -2.26. The summed E-state index contributed by atoms with van der Waals surface area (Å²) in [5, 5.41) is 0. The number of benzene rings is 1. The lowest BCUT2D eigenvalue weighted by Gasteiger charge is -2.08. The van der Waals surface area contributed by atoms with Crippen LogP contribution in [0.5, 0.6) is 0 Å². The van der Waals surface area contributed by atoms with E-state index >= 15 is 0 Å². The molecule has 5 heteroatoms. The van der Waals surface area contributed by atoms with Crippen molar-refractivity contribution in [2.75, 3.05) is 26.1 Å². The van der Waals surface area contributed by atoms with Gasteiger partial charge < -0.3 is 10.5 Å². The van der Waals surface area contributed by atoms with Crippen LogP contribution in [0, 0.1) is 6.92 Å². The van der Waals surface area contributed by atoms with E-state index < -0.39 is 0 Å². The van der Waals surface area contributed by atoms with E-state index in [-0.39, 0.29) is 5.91 Å². The van der Waals surface area contributed by atoms with Gasteiger partial charge in [0, 0.05) is 18.4 Å². The van der Waals surface area contributed by atoms with Gasteiger partial charge in [-0.3, -0.25) is 9.63 Å². The summed E-state index contributed by atoms with van der Waals surface area (Å²) >= 11 is 0. The number of carbonyl (C=O) groups excluding carboxylic acids is 1. The zero-order valence-corrected chi connectivity index (χ0v) is 9.45. The molecule has 1 aromatic rings. The first-order valence-electron chi connectivity index (χ1n) is 4.93. The Labute approximate surface area is 94.5 Å². The Morgan fingerprint density at radius 1 is 1.44 bits per heavy atom. The fraction of sp³-hybridized carbons (Fsp3) is 0.364. The zero-order valence-electron chi connectivity index (χ0n) is 9.45. The Morgan fingerprint density at radius 2 is 2.19 bits per heavy atom. The summed E-state index contributed by atoms with van der Waals surface area (Å²) in [7, 11) is 1.56. The molecule has 3 N–H and O–H groups in total. The smallest absolute Gasteiger partial charge is 0.275 e. The van der Waals surface area contributed by atoms with Gasteiger partial charge in [-0.25, -0.2) is 5.48 Å². The number of carbonyl (C=O) groups is 1. The second kappa shape index (κ2) is 6.09. The summed E-state index contributed by atoms with van der Waals surface area (Å²) in [5.74, 6) is -0.305. The molecule has 0 radical (unpaired) electrons. The number of nitrogen functional groups attached to an aromatic ring is 1. The van der Waals surface area contributed by atoms with Crippen LogP contribution in [0.4, 0.5) is 5.69 Å². The summed E-state index contributed by atoms with van der Waals surface area (Å²) in [6.07, 6.45) is 0. The number of hydrogen-bond acceptors (Lipinski definition) is 4. The van der Waals surface area contributed by atoms with E-state index in [4.69, 9.17) is 15.3 Å². The molecule has 0 heterocycles. The summed E-state index contributed by atoms with van der Waals surface area (Å²) in [5.41, 5.74) is 9.87. The van der Waals surface area contributed by atoms with Crippen molar-refractivity contribution >= 4 is 11.6 Å². The minimum atomic E-state index is -0.305. The first-order valence-corrected chi connectivity index (χ1v) is 4.93. The van der Waals surface area contributed by atoms with E-state index in [1.54, 1.807) is 32.2 Å². The van der Waals surface area contributed by atoms with E-state index in [9.17, 15) is 4.79 Å². The largest absolute Gasteiger partial charge is 0.398 e. The molecule has 16 heavy (non-hydrogen) atoms. The second-order valence-corrected chi connectivity index (χ2v) is 3.29. The second-order valence-electron chi connectivity index (χ2n) is 3.29. The van der Waals surface area contributed by atoms with Crippen molar-refractivity contribution in [3.8, 4) is 0 Å². The van der Waals surface area contributed by atoms with Crippen molar-refractivity contribution in [1.82, 2.24) is 5.48 Å². The lowest BCUT2D eigenvalue weighted by atomic mass is 10.1. The molecule has 5 nitrogen and oxygen atoms in total. The highest BCUT2D eigenvalue weighted by Gasteiger charge is 2.09. The van der Waals surface area contributed by atoms with Gasteiger partial charge in [0.25, 0.3) is 5.91 Å². The maximum atomic E-state index is 11.6. The molecule has 0 fully saturated rings. The molecule has 1 amide bonds. The third kappa shape index (κ3) is 3.22. The predicted molar refractivity (Wildman–Crippen MR) is 60.9 cm³/mol. The molecule has 0 aliphatic carbocycles. The summed E-state index contributed by atoms with van der Waals surface area (Å²) < 4.78 is 4.78. The van der Waals surface area contributed by atoms with Gasteiger partial charge >= 0.3 is 0 Å². The number of hydroxylamine groups is 1. The van der Waals surface area contributed by atoms with Crippen LogP contribution in [0.3, 0.4) is 0 Å². The average molecular weight is 224 g/mol. The van der Waals surface area contributed by atoms with Crippen molar-refractivity contribution < 1.29 is 14.4 Å². The standard InChI is InChI=1S/C11H16N2O3/c1-8-9(4-3-5-10(8)12)11(14)13-16-7-6-15-2/h3-5H,6-7,12H2,1-2H3,(H,13,14). The number of rotatable bonds is 5. The Kier molecular flexibility index (Phi) is 4.75. The van der Waals surface area contributed by atoms with E-state index in [0.717, 1.165) is 5.56 Å². The van der Waals surface area contributed by atoms with E-state index in [0.29, 0.717) is 24.5 Å². The minimum Gasteiger partial charge on any atom is -0.398 e. The van der Waals surface area contributed by atoms with E-state index in [1.807, 2.05) is 0 Å². The van der Waals surface area contributed by atoms with Gasteiger partial charge in [-0.1, -0.05) is 6.07 Å². The summed E-state index contributed by atoms with van der Waals surface area (Å²) in [4.78, 5) is 16.6. The molecule has 0 bridgehead atoms. The Hall–Kier alpha value is -1.59. The quantitative estimate of drug-likeness (QED) is 0.442. The van der Waals surface area contributed by atoms with Crippen LogP contribution in [-0.2, 0) is 9.57 Å². The number of methoxy groups -OCH3 is 1. The first kappa shape index (κ1) is 12.5. The fourth-order valence-electron chi connectivity index (χ4n) is 1.20. The Bertz CT molecular complexity index is 366. The van der Waals surface area contributed by atoms with Crippen LogP contribution in [0.25, 0.3) is 0 Å². The Morgan fingerprint density at radius 3 is 2.88 bits per heavy atom. The number of hydrogen-bond donors (Lipinski definition) is 2. The molecule has 0 spiro atoms. The maximum absolute atomic E-state index is 11.6.